The van der Waals surface area contributed by atoms with Gasteiger partial charge in [-0.3, -0.25) is 4.79 Å². The summed E-state index contributed by atoms with van der Waals surface area (Å²) in [5, 5.41) is 0. The van der Waals surface area contributed by atoms with Crippen LogP contribution in [-0.4, -0.2) is 6.29 Å². The SMILES string of the molecule is O=[C]C(Cc1ccc(F)cc1)Cc1ccc(F)cc1. The van der Waals surface area contributed by atoms with E-state index in [-0.39, 0.29) is 17.6 Å². The average molecular weight is 259 g/mol. The van der Waals surface area contributed by atoms with E-state index in [1.807, 2.05) is 6.29 Å². The van der Waals surface area contributed by atoms with E-state index in [2.05, 4.69) is 0 Å². The second-order valence-corrected chi connectivity index (χ2v) is 4.48. The van der Waals surface area contributed by atoms with Gasteiger partial charge in [-0.2, -0.15) is 0 Å². The first kappa shape index (κ1) is 13.4. The van der Waals surface area contributed by atoms with Crippen molar-refractivity contribution in [3.8, 4) is 0 Å². The number of carbonyl (C=O) groups excluding carboxylic acids is 1. The highest BCUT2D eigenvalue weighted by atomic mass is 19.1. The highest BCUT2D eigenvalue weighted by molar-refractivity contribution is 5.56. The van der Waals surface area contributed by atoms with Gasteiger partial charge >= 0.3 is 0 Å². The fourth-order valence-corrected chi connectivity index (χ4v) is 1.97. The molecule has 0 amide bonds. The molecular weight excluding hydrogens is 246 g/mol. The second kappa shape index (κ2) is 6.23. The van der Waals surface area contributed by atoms with Gasteiger partial charge in [0.15, 0.2) is 0 Å². The topological polar surface area (TPSA) is 17.1 Å². The summed E-state index contributed by atoms with van der Waals surface area (Å²) in [6, 6.07) is 12.1. The van der Waals surface area contributed by atoms with E-state index < -0.39 is 0 Å². The van der Waals surface area contributed by atoms with Gasteiger partial charge in [-0.25, -0.2) is 8.78 Å². The van der Waals surface area contributed by atoms with Gasteiger partial charge in [0.2, 0.25) is 6.29 Å². The van der Waals surface area contributed by atoms with Crippen LogP contribution in [0.2, 0.25) is 0 Å². The lowest BCUT2D eigenvalue weighted by molar-refractivity contribution is 0.516. The van der Waals surface area contributed by atoms with Gasteiger partial charge in [0.05, 0.1) is 0 Å². The van der Waals surface area contributed by atoms with Crippen molar-refractivity contribution in [2.45, 2.75) is 12.8 Å². The minimum Gasteiger partial charge on any atom is -0.291 e. The molecule has 0 heterocycles. The second-order valence-electron chi connectivity index (χ2n) is 4.48. The van der Waals surface area contributed by atoms with Crippen molar-refractivity contribution in [1.82, 2.24) is 0 Å². The highest BCUT2D eigenvalue weighted by Gasteiger charge is 2.11. The first-order valence-corrected chi connectivity index (χ1v) is 6.04. The van der Waals surface area contributed by atoms with Crippen LogP contribution in [0.1, 0.15) is 11.1 Å². The first-order chi connectivity index (χ1) is 9.17. The van der Waals surface area contributed by atoms with Crippen LogP contribution in [0.25, 0.3) is 0 Å². The van der Waals surface area contributed by atoms with Gasteiger partial charge in [0.25, 0.3) is 0 Å². The molecule has 0 unspecified atom stereocenters. The molecule has 2 rings (SSSR count). The van der Waals surface area contributed by atoms with Gasteiger partial charge < -0.3 is 0 Å². The molecule has 1 radical (unpaired) electrons. The largest absolute Gasteiger partial charge is 0.291 e. The Kier molecular flexibility index (Phi) is 4.39. The Labute approximate surface area is 110 Å². The highest BCUT2D eigenvalue weighted by Crippen LogP contribution is 2.14. The van der Waals surface area contributed by atoms with Crippen LogP contribution in [0.5, 0.6) is 0 Å². The molecule has 0 fully saturated rings. The predicted octanol–water partition coefficient (Wildman–Crippen LogP) is 3.48. The normalized spacial score (nSPS) is 10.7. The fraction of sp³-hybridized carbons (Fsp3) is 0.188. The molecule has 0 saturated heterocycles. The first-order valence-electron chi connectivity index (χ1n) is 6.04. The number of hydrogen-bond donors (Lipinski definition) is 0. The maximum absolute atomic E-state index is 12.8. The van der Waals surface area contributed by atoms with Gasteiger partial charge in [0, 0.05) is 5.92 Å². The smallest absolute Gasteiger partial charge is 0.202 e. The summed E-state index contributed by atoms with van der Waals surface area (Å²) in [7, 11) is 0. The zero-order valence-electron chi connectivity index (χ0n) is 10.3. The fourth-order valence-electron chi connectivity index (χ4n) is 1.97. The Morgan fingerprint density at radius 3 is 1.47 bits per heavy atom. The molecular formula is C16H13F2O. The zero-order valence-corrected chi connectivity index (χ0v) is 10.3. The Morgan fingerprint density at radius 2 is 1.16 bits per heavy atom. The Balaban J connectivity index is 2.02. The number of halogens is 2. The van der Waals surface area contributed by atoms with Crippen molar-refractivity contribution < 1.29 is 13.6 Å². The molecule has 2 aromatic rings. The maximum Gasteiger partial charge on any atom is 0.202 e. The van der Waals surface area contributed by atoms with Crippen LogP contribution in [0.15, 0.2) is 48.5 Å². The Hall–Kier alpha value is -2.03. The van der Waals surface area contributed by atoms with Crippen LogP contribution >= 0.6 is 0 Å². The monoisotopic (exact) mass is 259 g/mol. The standard InChI is InChI=1S/C16H13F2O/c17-15-5-1-12(2-6-15)9-14(11-19)10-13-3-7-16(18)8-4-13/h1-8,14H,9-10H2. The summed E-state index contributed by atoms with van der Waals surface area (Å²) in [6.45, 7) is 0. The van der Waals surface area contributed by atoms with E-state index in [4.69, 9.17) is 0 Å². The van der Waals surface area contributed by atoms with E-state index >= 15 is 0 Å². The number of rotatable bonds is 5. The van der Waals surface area contributed by atoms with Crippen LogP contribution < -0.4 is 0 Å². The molecule has 0 aliphatic rings. The van der Waals surface area contributed by atoms with E-state index in [1.165, 1.54) is 24.3 Å². The van der Waals surface area contributed by atoms with Gasteiger partial charge in [-0.1, -0.05) is 24.3 Å². The molecule has 0 saturated carbocycles. The lowest BCUT2D eigenvalue weighted by atomic mass is 9.94. The van der Waals surface area contributed by atoms with Gasteiger partial charge in [-0.15, -0.1) is 0 Å². The van der Waals surface area contributed by atoms with E-state index in [1.54, 1.807) is 24.3 Å². The van der Waals surface area contributed by atoms with Crippen molar-refractivity contribution >= 4 is 6.29 Å². The van der Waals surface area contributed by atoms with Crippen LogP contribution in [0, 0.1) is 17.6 Å². The molecule has 0 aromatic heterocycles. The van der Waals surface area contributed by atoms with Crippen LogP contribution in [0.3, 0.4) is 0 Å². The summed E-state index contributed by atoms with van der Waals surface area (Å²) < 4.78 is 25.6. The van der Waals surface area contributed by atoms with Crippen LogP contribution in [-0.2, 0) is 17.6 Å². The van der Waals surface area contributed by atoms with E-state index in [0.717, 1.165) is 11.1 Å². The molecule has 0 N–H and O–H groups in total. The minimum absolute atomic E-state index is 0.297. The summed E-state index contributed by atoms with van der Waals surface area (Å²) in [5.74, 6) is -0.904. The third kappa shape index (κ3) is 3.98. The Morgan fingerprint density at radius 1 is 0.789 bits per heavy atom. The summed E-state index contributed by atoms with van der Waals surface area (Å²) >= 11 is 0. The number of hydrogen-bond acceptors (Lipinski definition) is 1. The predicted molar refractivity (Wildman–Crippen MR) is 69.4 cm³/mol. The molecule has 0 spiro atoms. The Bertz CT molecular complexity index is 484. The molecule has 1 nitrogen and oxygen atoms in total. The zero-order chi connectivity index (χ0) is 13.7. The van der Waals surface area contributed by atoms with Gasteiger partial charge in [-0.05, 0) is 48.2 Å². The van der Waals surface area contributed by atoms with E-state index in [9.17, 15) is 13.6 Å². The van der Waals surface area contributed by atoms with Crippen molar-refractivity contribution in [1.29, 1.82) is 0 Å². The average Bonchev–Trinajstić information content (AvgIpc) is 2.43. The van der Waals surface area contributed by atoms with Crippen molar-refractivity contribution in [3.63, 3.8) is 0 Å². The van der Waals surface area contributed by atoms with Gasteiger partial charge in [0.1, 0.15) is 11.6 Å². The molecule has 2 aromatic carbocycles. The molecule has 0 aliphatic heterocycles. The molecule has 3 heteroatoms. The quantitative estimate of drug-likeness (QED) is 0.803. The third-order valence-electron chi connectivity index (χ3n) is 2.96. The summed E-state index contributed by atoms with van der Waals surface area (Å²) in [4.78, 5) is 11.0. The third-order valence-corrected chi connectivity index (χ3v) is 2.96. The molecule has 97 valence electrons. The van der Waals surface area contributed by atoms with E-state index in [0.29, 0.717) is 12.8 Å². The van der Waals surface area contributed by atoms with Crippen molar-refractivity contribution in [3.05, 3.63) is 71.3 Å². The van der Waals surface area contributed by atoms with Crippen molar-refractivity contribution in [2.24, 2.45) is 5.92 Å². The summed E-state index contributed by atoms with van der Waals surface area (Å²) in [5.41, 5.74) is 1.77. The lowest BCUT2D eigenvalue weighted by Gasteiger charge is -2.09. The molecule has 0 atom stereocenters. The van der Waals surface area contributed by atoms with Crippen molar-refractivity contribution in [2.75, 3.05) is 0 Å². The number of benzene rings is 2. The molecule has 0 aliphatic carbocycles. The molecule has 0 bridgehead atoms. The lowest BCUT2D eigenvalue weighted by Crippen LogP contribution is -2.09. The maximum atomic E-state index is 12.8. The molecule has 19 heavy (non-hydrogen) atoms. The minimum atomic E-state index is -0.309. The van der Waals surface area contributed by atoms with Crippen LogP contribution in [0.4, 0.5) is 8.78 Å². The summed E-state index contributed by atoms with van der Waals surface area (Å²) in [6.07, 6.45) is 2.99.